The molecule has 0 aliphatic carbocycles. The van der Waals surface area contributed by atoms with Crippen LogP contribution in [-0.4, -0.2) is 47.7 Å². The van der Waals surface area contributed by atoms with Crippen LogP contribution < -0.4 is 0 Å². The van der Waals surface area contributed by atoms with E-state index in [4.69, 9.17) is 4.74 Å². The highest BCUT2D eigenvalue weighted by Gasteiger charge is 2.16. The highest BCUT2D eigenvalue weighted by Crippen LogP contribution is 2.20. The second kappa shape index (κ2) is 8.10. The van der Waals surface area contributed by atoms with Crippen LogP contribution in [0.2, 0.25) is 0 Å². The van der Waals surface area contributed by atoms with E-state index in [9.17, 15) is 0 Å². The van der Waals surface area contributed by atoms with Crippen molar-refractivity contribution in [2.45, 2.75) is 45.4 Å². The molecule has 0 saturated carbocycles. The molecular formula is C19H21N7O. The third-order valence-electron chi connectivity index (χ3n) is 4.47. The first-order valence-corrected chi connectivity index (χ1v) is 9.09. The zero-order chi connectivity index (χ0) is 18.5. The van der Waals surface area contributed by atoms with Crippen LogP contribution in [0.5, 0.6) is 0 Å². The van der Waals surface area contributed by atoms with E-state index >= 15 is 0 Å². The van der Waals surface area contributed by atoms with Crippen LogP contribution in [0.3, 0.4) is 0 Å². The lowest BCUT2D eigenvalue weighted by Gasteiger charge is -2.21. The smallest absolute Gasteiger partial charge is 0.131 e. The molecule has 3 aromatic rings. The first kappa shape index (κ1) is 17.4. The Kier molecular flexibility index (Phi) is 5.21. The highest BCUT2D eigenvalue weighted by molar-refractivity contribution is 5.58. The average molecular weight is 363 g/mol. The maximum Gasteiger partial charge on any atom is 0.131 e. The van der Waals surface area contributed by atoms with Crippen molar-refractivity contribution >= 4 is 0 Å². The minimum absolute atomic E-state index is 0.227. The minimum Gasteiger partial charge on any atom is -0.376 e. The van der Waals surface area contributed by atoms with Gasteiger partial charge in [-0.15, -0.1) is 10.2 Å². The van der Waals surface area contributed by atoms with Crippen LogP contribution in [-0.2, 0) is 17.8 Å². The topological polar surface area (TPSA) is 83.5 Å². The van der Waals surface area contributed by atoms with E-state index in [1.54, 1.807) is 23.3 Å². The zero-order valence-electron chi connectivity index (χ0n) is 15.2. The summed E-state index contributed by atoms with van der Waals surface area (Å²) in [6, 6.07) is 2.01. The summed E-state index contributed by atoms with van der Waals surface area (Å²) in [7, 11) is 0. The van der Waals surface area contributed by atoms with Crippen molar-refractivity contribution in [3.05, 3.63) is 42.0 Å². The van der Waals surface area contributed by atoms with Gasteiger partial charge < -0.3 is 4.74 Å². The number of hydrogen-bond donors (Lipinski definition) is 0. The fraction of sp³-hybridized carbons (Fsp3) is 0.421. The van der Waals surface area contributed by atoms with Crippen molar-refractivity contribution in [2.75, 3.05) is 6.61 Å². The Balaban J connectivity index is 1.44. The summed E-state index contributed by atoms with van der Waals surface area (Å²) in [5, 5.41) is 16.2. The van der Waals surface area contributed by atoms with Gasteiger partial charge in [0.15, 0.2) is 0 Å². The molecule has 0 spiro atoms. The first-order valence-electron chi connectivity index (χ1n) is 9.09. The van der Waals surface area contributed by atoms with Crippen LogP contribution >= 0.6 is 0 Å². The lowest BCUT2D eigenvalue weighted by Crippen LogP contribution is -2.24. The van der Waals surface area contributed by atoms with E-state index < -0.39 is 0 Å². The van der Waals surface area contributed by atoms with Crippen molar-refractivity contribution in [2.24, 2.45) is 0 Å². The second-order valence-corrected chi connectivity index (χ2v) is 6.61. The molecule has 1 aliphatic heterocycles. The van der Waals surface area contributed by atoms with Gasteiger partial charge in [0.25, 0.3) is 0 Å². The molecule has 4 heterocycles. The Morgan fingerprint density at radius 2 is 2.22 bits per heavy atom. The molecule has 1 fully saturated rings. The Morgan fingerprint density at radius 1 is 1.26 bits per heavy atom. The van der Waals surface area contributed by atoms with Gasteiger partial charge in [-0.3, -0.25) is 4.98 Å². The lowest BCUT2D eigenvalue weighted by molar-refractivity contribution is 0.00370. The minimum atomic E-state index is 0.227. The summed E-state index contributed by atoms with van der Waals surface area (Å²) in [4.78, 5) is 4.54. The van der Waals surface area contributed by atoms with Crippen molar-refractivity contribution < 1.29 is 4.74 Å². The molecule has 138 valence electrons. The fourth-order valence-electron chi connectivity index (χ4n) is 3.11. The van der Waals surface area contributed by atoms with E-state index in [0.717, 1.165) is 48.5 Å². The summed E-state index contributed by atoms with van der Waals surface area (Å²) >= 11 is 0. The Morgan fingerprint density at radius 3 is 3.00 bits per heavy atom. The molecule has 0 N–H and O–H groups in total. The summed E-state index contributed by atoms with van der Waals surface area (Å²) in [5.74, 6) is 6.17. The van der Waals surface area contributed by atoms with E-state index in [1.807, 2.05) is 23.9 Å². The number of aryl methyl sites for hydroxylation is 1. The summed E-state index contributed by atoms with van der Waals surface area (Å²) in [5.41, 5.74) is 3.47. The SMILES string of the molecule is Cc1cc(C#CCn2ccnn2)cnc1-c1cn(CC2CCCCO2)nn1. The molecule has 3 aromatic heterocycles. The largest absolute Gasteiger partial charge is 0.376 e. The van der Waals surface area contributed by atoms with Crippen LogP contribution in [0.4, 0.5) is 0 Å². The van der Waals surface area contributed by atoms with Crippen molar-refractivity contribution in [3.63, 3.8) is 0 Å². The van der Waals surface area contributed by atoms with Gasteiger partial charge >= 0.3 is 0 Å². The lowest BCUT2D eigenvalue weighted by atomic mass is 10.1. The molecule has 0 amide bonds. The van der Waals surface area contributed by atoms with Gasteiger partial charge in [-0.25, -0.2) is 9.36 Å². The van der Waals surface area contributed by atoms with E-state index in [-0.39, 0.29) is 6.10 Å². The third-order valence-corrected chi connectivity index (χ3v) is 4.47. The summed E-state index contributed by atoms with van der Waals surface area (Å²) < 4.78 is 9.29. The van der Waals surface area contributed by atoms with E-state index in [2.05, 4.69) is 37.4 Å². The number of hydrogen-bond acceptors (Lipinski definition) is 6. The maximum atomic E-state index is 5.77. The Labute approximate surface area is 157 Å². The molecular weight excluding hydrogens is 342 g/mol. The predicted molar refractivity (Wildman–Crippen MR) is 98.5 cm³/mol. The monoisotopic (exact) mass is 363 g/mol. The average Bonchev–Trinajstić information content (AvgIpc) is 3.35. The molecule has 1 atom stereocenters. The van der Waals surface area contributed by atoms with Gasteiger partial charge in [0.2, 0.25) is 0 Å². The van der Waals surface area contributed by atoms with Gasteiger partial charge in [0.05, 0.1) is 30.7 Å². The second-order valence-electron chi connectivity index (χ2n) is 6.61. The molecule has 4 rings (SSSR count). The van der Waals surface area contributed by atoms with Crippen molar-refractivity contribution in [1.82, 2.24) is 35.0 Å². The molecule has 8 nitrogen and oxygen atoms in total. The van der Waals surface area contributed by atoms with Crippen LogP contribution in [0.15, 0.2) is 30.9 Å². The summed E-state index contributed by atoms with van der Waals surface area (Å²) in [6.45, 7) is 4.08. The van der Waals surface area contributed by atoms with Gasteiger partial charge in [-0.1, -0.05) is 22.3 Å². The van der Waals surface area contributed by atoms with E-state index in [0.29, 0.717) is 6.54 Å². The molecule has 1 aliphatic rings. The Bertz CT molecular complexity index is 946. The summed E-state index contributed by atoms with van der Waals surface area (Å²) in [6.07, 6.45) is 10.8. The van der Waals surface area contributed by atoms with Crippen LogP contribution in [0.25, 0.3) is 11.4 Å². The molecule has 1 unspecified atom stereocenters. The molecule has 0 bridgehead atoms. The number of pyridine rings is 1. The molecule has 8 heteroatoms. The standard InChI is InChI=1S/C19H21N7O/c1-15-11-16(5-4-8-25-9-7-21-23-25)12-20-19(15)18-14-26(24-22-18)13-17-6-2-3-10-27-17/h7,9,11-12,14,17H,2-3,6,8,10,13H2,1H3. The molecule has 0 aromatic carbocycles. The molecule has 27 heavy (non-hydrogen) atoms. The normalized spacial score (nSPS) is 16.7. The van der Waals surface area contributed by atoms with Crippen molar-refractivity contribution in [3.8, 4) is 23.2 Å². The molecule has 1 saturated heterocycles. The fourth-order valence-corrected chi connectivity index (χ4v) is 3.11. The van der Waals surface area contributed by atoms with Crippen LogP contribution in [0, 0.1) is 18.8 Å². The zero-order valence-corrected chi connectivity index (χ0v) is 15.2. The number of nitrogens with zero attached hydrogens (tertiary/aromatic N) is 7. The third kappa shape index (κ3) is 4.38. The van der Waals surface area contributed by atoms with Gasteiger partial charge in [-0.05, 0) is 37.8 Å². The van der Waals surface area contributed by atoms with E-state index in [1.165, 1.54) is 6.42 Å². The highest BCUT2D eigenvalue weighted by atomic mass is 16.5. The number of aromatic nitrogens is 7. The molecule has 0 radical (unpaired) electrons. The number of ether oxygens (including phenoxy) is 1. The Hall–Kier alpha value is -3.05. The van der Waals surface area contributed by atoms with Crippen LogP contribution in [0.1, 0.15) is 30.4 Å². The van der Waals surface area contributed by atoms with Gasteiger partial charge in [0, 0.05) is 24.6 Å². The predicted octanol–water partition coefficient (Wildman–Crippen LogP) is 1.86. The van der Waals surface area contributed by atoms with Gasteiger partial charge in [0.1, 0.15) is 12.2 Å². The number of rotatable bonds is 4. The van der Waals surface area contributed by atoms with Gasteiger partial charge in [-0.2, -0.15) is 0 Å². The van der Waals surface area contributed by atoms with Crippen molar-refractivity contribution in [1.29, 1.82) is 0 Å². The first-order chi connectivity index (χ1) is 13.3. The quantitative estimate of drug-likeness (QED) is 0.658. The maximum absolute atomic E-state index is 5.77.